The Labute approximate surface area is 94.4 Å². The highest BCUT2D eigenvalue weighted by molar-refractivity contribution is 5.28. The molecule has 2 atom stereocenters. The Morgan fingerprint density at radius 2 is 1.94 bits per heavy atom. The molecule has 1 unspecified atom stereocenters. The van der Waals surface area contributed by atoms with Gasteiger partial charge in [0.15, 0.2) is 11.6 Å². The van der Waals surface area contributed by atoms with Crippen molar-refractivity contribution in [2.45, 2.75) is 38.7 Å². The topological polar surface area (TPSA) is 9.23 Å². The van der Waals surface area contributed by atoms with E-state index in [1.165, 1.54) is 0 Å². The number of ether oxygens (including phenoxy) is 1. The highest BCUT2D eigenvalue weighted by Crippen LogP contribution is 2.31. The summed E-state index contributed by atoms with van der Waals surface area (Å²) in [5.41, 5.74) is 0.807. The summed E-state index contributed by atoms with van der Waals surface area (Å²) in [6.07, 6.45) is 2.00. The van der Waals surface area contributed by atoms with Gasteiger partial charge < -0.3 is 4.74 Å². The molecule has 1 nitrogen and oxygen atoms in total. The lowest BCUT2D eigenvalue weighted by atomic mass is 9.90. The van der Waals surface area contributed by atoms with Crippen molar-refractivity contribution >= 4 is 0 Å². The van der Waals surface area contributed by atoms with Crippen LogP contribution in [0, 0.1) is 18.6 Å². The average molecular weight is 226 g/mol. The summed E-state index contributed by atoms with van der Waals surface area (Å²) in [6.45, 7) is 4.06. The predicted octanol–water partition coefficient (Wildman–Crippen LogP) is 3.56. The maximum Gasteiger partial charge on any atom is 0.162 e. The van der Waals surface area contributed by atoms with Crippen LogP contribution in [0.15, 0.2) is 12.1 Å². The molecule has 2 rings (SSSR count). The first-order valence-electron chi connectivity index (χ1n) is 5.65. The molecule has 1 aromatic carbocycles. The Morgan fingerprint density at radius 3 is 2.56 bits per heavy atom. The lowest BCUT2D eigenvalue weighted by molar-refractivity contribution is 0.0147. The minimum absolute atomic E-state index is 0.00806. The summed E-state index contributed by atoms with van der Waals surface area (Å²) in [4.78, 5) is 0. The van der Waals surface area contributed by atoms with Gasteiger partial charge in [0.25, 0.3) is 0 Å². The van der Waals surface area contributed by atoms with Crippen LogP contribution in [-0.4, -0.2) is 12.7 Å². The summed E-state index contributed by atoms with van der Waals surface area (Å²) in [5, 5.41) is 0. The quantitative estimate of drug-likeness (QED) is 0.711. The predicted molar refractivity (Wildman–Crippen MR) is 58.5 cm³/mol. The van der Waals surface area contributed by atoms with E-state index >= 15 is 0 Å². The van der Waals surface area contributed by atoms with Crippen LogP contribution in [0.3, 0.4) is 0 Å². The standard InChI is InChI=1S/C13H16F2O/c1-8-3-6-11(13(15)12(8)14)10-5-4-9(2)16-7-10/h3,6,9-10H,4-5,7H2,1-2H3/t9?,10-/m1/s1. The van der Waals surface area contributed by atoms with Gasteiger partial charge in [0.1, 0.15) is 0 Å². The average Bonchev–Trinajstić information content (AvgIpc) is 2.28. The lowest BCUT2D eigenvalue weighted by Gasteiger charge is -2.27. The van der Waals surface area contributed by atoms with Crippen molar-refractivity contribution in [2.75, 3.05) is 6.61 Å². The van der Waals surface area contributed by atoms with Gasteiger partial charge in [0.2, 0.25) is 0 Å². The zero-order valence-corrected chi connectivity index (χ0v) is 9.59. The van der Waals surface area contributed by atoms with Gasteiger partial charge in [-0.25, -0.2) is 8.78 Å². The van der Waals surface area contributed by atoms with Crippen molar-refractivity contribution in [1.82, 2.24) is 0 Å². The third-order valence-corrected chi connectivity index (χ3v) is 3.25. The highest BCUT2D eigenvalue weighted by Gasteiger charge is 2.24. The summed E-state index contributed by atoms with van der Waals surface area (Å²) in [5.74, 6) is -1.44. The molecule has 0 radical (unpaired) electrons. The molecule has 0 aliphatic carbocycles. The van der Waals surface area contributed by atoms with Crippen molar-refractivity contribution in [3.05, 3.63) is 34.9 Å². The van der Waals surface area contributed by atoms with E-state index in [0.29, 0.717) is 17.7 Å². The molecule has 1 aliphatic heterocycles. The van der Waals surface area contributed by atoms with Crippen LogP contribution in [0.5, 0.6) is 0 Å². The maximum atomic E-state index is 13.7. The van der Waals surface area contributed by atoms with Crippen LogP contribution in [0.1, 0.15) is 36.8 Å². The zero-order valence-electron chi connectivity index (χ0n) is 9.59. The molecule has 1 heterocycles. The second-order valence-corrected chi connectivity index (χ2v) is 4.52. The number of benzene rings is 1. The van der Waals surface area contributed by atoms with E-state index in [1.54, 1.807) is 19.1 Å². The third-order valence-electron chi connectivity index (χ3n) is 3.25. The number of halogens is 2. The normalized spacial score (nSPS) is 25.8. The van der Waals surface area contributed by atoms with E-state index in [0.717, 1.165) is 12.8 Å². The summed E-state index contributed by atoms with van der Waals surface area (Å²) < 4.78 is 32.6. The van der Waals surface area contributed by atoms with Gasteiger partial charge in [-0.2, -0.15) is 0 Å². The smallest absolute Gasteiger partial charge is 0.162 e. The van der Waals surface area contributed by atoms with E-state index in [4.69, 9.17) is 4.74 Å². The first-order valence-corrected chi connectivity index (χ1v) is 5.65. The number of hydrogen-bond acceptors (Lipinski definition) is 1. The van der Waals surface area contributed by atoms with Gasteiger partial charge in [0.05, 0.1) is 12.7 Å². The monoisotopic (exact) mass is 226 g/mol. The Bertz CT molecular complexity index is 382. The molecule has 0 N–H and O–H groups in total. The molecular weight excluding hydrogens is 210 g/mol. The fourth-order valence-corrected chi connectivity index (χ4v) is 2.10. The van der Waals surface area contributed by atoms with Crippen LogP contribution in [0.25, 0.3) is 0 Å². The van der Waals surface area contributed by atoms with Gasteiger partial charge in [-0.15, -0.1) is 0 Å². The molecule has 0 aromatic heterocycles. The van der Waals surface area contributed by atoms with Gasteiger partial charge in [-0.05, 0) is 37.8 Å². The molecule has 1 saturated heterocycles. The molecule has 16 heavy (non-hydrogen) atoms. The molecule has 88 valence electrons. The number of hydrogen-bond donors (Lipinski definition) is 0. The first kappa shape index (κ1) is 11.5. The van der Waals surface area contributed by atoms with Crippen LogP contribution < -0.4 is 0 Å². The largest absolute Gasteiger partial charge is 0.378 e. The lowest BCUT2D eigenvalue weighted by Crippen LogP contribution is -2.23. The molecule has 1 aromatic rings. The Balaban J connectivity index is 2.24. The van der Waals surface area contributed by atoms with Crippen LogP contribution in [0.4, 0.5) is 8.78 Å². The fourth-order valence-electron chi connectivity index (χ4n) is 2.10. The minimum atomic E-state index is -0.726. The molecular formula is C13H16F2O. The minimum Gasteiger partial charge on any atom is -0.378 e. The third kappa shape index (κ3) is 2.09. The molecule has 1 fully saturated rings. The molecule has 0 bridgehead atoms. The molecule has 0 saturated carbocycles. The van der Waals surface area contributed by atoms with Gasteiger partial charge in [-0.1, -0.05) is 12.1 Å². The van der Waals surface area contributed by atoms with E-state index in [1.807, 2.05) is 6.92 Å². The van der Waals surface area contributed by atoms with Crippen molar-refractivity contribution in [1.29, 1.82) is 0 Å². The van der Waals surface area contributed by atoms with Crippen molar-refractivity contribution in [3.8, 4) is 0 Å². The van der Waals surface area contributed by atoms with Gasteiger partial charge >= 0.3 is 0 Å². The van der Waals surface area contributed by atoms with Crippen molar-refractivity contribution in [3.63, 3.8) is 0 Å². The van der Waals surface area contributed by atoms with E-state index in [-0.39, 0.29) is 12.0 Å². The second kappa shape index (κ2) is 4.50. The Morgan fingerprint density at radius 1 is 1.19 bits per heavy atom. The molecule has 3 heteroatoms. The van der Waals surface area contributed by atoms with Crippen LogP contribution in [-0.2, 0) is 4.74 Å². The Hall–Kier alpha value is -0.960. The van der Waals surface area contributed by atoms with Gasteiger partial charge in [0, 0.05) is 5.92 Å². The summed E-state index contributed by atoms with van der Waals surface area (Å²) in [6, 6.07) is 3.31. The number of aryl methyl sites for hydroxylation is 1. The Kier molecular flexibility index (Phi) is 3.24. The fraction of sp³-hybridized carbons (Fsp3) is 0.538. The van der Waals surface area contributed by atoms with E-state index in [2.05, 4.69) is 0 Å². The zero-order chi connectivity index (χ0) is 11.7. The van der Waals surface area contributed by atoms with E-state index in [9.17, 15) is 8.78 Å². The van der Waals surface area contributed by atoms with Crippen molar-refractivity contribution in [2.24, 2.45) is 0 Å². The van der Waals surface area contributed by atoms with Crippen LogP contribution >= 0.6 is 0 Å². The molecule has 0 spiro atoms. The van der Waals surface area contributed by atoms with E-state index < -0.39 is 11.6 Å². The van der Waals surface area contributed by atoms with Gasteiger partial charge in [-0.3, -0.25) is 0 Å². The second-order valence-electron chi connectivity index (χ2n) is 4.52. The summed E-state index contributed by atoms with van der Waals surface area (Å²) in [7, 11) is 0. The number of rotatable bonds is 1. The summed E-state index contributed by atoms with van der Waals surface area (Å²) >= 11 is 0. The van der Waals surface area contributed by atoms with Crippen molar-refractivity contribution < 1.29 is 13.5 Å². The maximum absolute atomic E-state index is 13.7. The highest BCUT2D eigenvalue weighted by atomic mass is 19.2. The first-order chi connectivity index (χ1) is 7.59. The molecule has 0 amide bonds. The SMILES string of the molecule is Cc1ccc([C@@H]2CCC(C)OC2)c(F)c1F. The van der Waals surface area contributed by atoms with Crippen LogP contribution in [0.2, 0.25) is 0 Å². The molecule has 1 aliphatic rings.